The minimum absolute atomic E-state index is 0.134. The minimum atomic E-state index is 0.134. The Balaban J connectivity index is 1.37. The molecule has 0 spiro atoms. The van der Waals surface area contributed by atoms with E-state index in [2.05, 4.69) is 166 Å². The first-order valence-corrected chi connectivity index (χ1v) is 23.4. The van der Waals surface area contributed by atoms with E-state index in [-0.39, 0.29) is 6.71 Å². The van der Waals surface area contributed by atoms with Gasteiger partial charge in [-0.2, -0.15) is 0 Å². The quantitative estimate of drug-likeness (QED) is 0.0801. The lowest BCUT2D eigenvalue weighted by atomic mass is 9.33. The summed E-state index contributed by atoms with van der Waals surface area (Å²) in [6.45, 7) is 11.6. The van der Waals surface area contributed by atoms with E-state index in [1.807, 2.05) is 0 Å². The van der Waals surface area contributed by atoms with Gasteiger partial charge in [-0.1, -0.05) is 140 Å². The van der Waals surface area contributed by atoms with Crippen molar-refractivity contribution in [3.05, 3.63) is 149 Å². The highest BCUT2D eigenvalue weighted by molar-refractivity contribution is 7.00. The van der Waals surface area contributed by atoms with Crippen molar-refractivity contribution in [3.63, 3.8) is 0 Å². The number of fused-ring (bicyclic) bond motifs is 4. The van der Waals surface area contributed by atoms with E-state index in [1.54, 1.807) is 0 Å². The van der Waals surface area contributed by atoms with Crippen LogP contribution in [0.25, 0.3) is 11.1 Å². The van der Waals surface area contributed by atoms with E-state index in [0.29, 0.717) is 0 Å². The van der Waals surface area contributed by atoms with Crippen LogP contribution in [-0.4, -0.2) is 6.71 Å². The molecule has 0 N–H and O–H groups in total. The van der Waals surface area contributed by atoms with Crippen molar-refractivity contribution < 1.29 is 0 Å². The number of nitrogens with zero attached hydrogens (tertiary/aromatic N) is 2. The summed E-state index contributed by atoms with van der Waals surface area (Å²) >= 11 is 0. The fraction of sp³-hybridized carbons (Fsp3) is 0.357. The molecule has 0 fully saturated rings. The minimum Gasteiger partial charge on any atom is -0.311 e. The van der Waals surface area contributed by atoms with Crippen molar-refractivity contribution in [2.75, 3.05) is 9.80 Å². The Morgan fingerprint density at radius 2 is 0.847 bits per heavy atom. The Morgan fingerprint density at radius 3 is 1.44 bits per heavy atom. The van der Waals surface area contributed by atoms with Crippen molar-refractivity contribution in [3.8, 4) is 11.1 Å². The average Bonchev–Trinajstić information content (AvgIpc) is 3.28. The first-order valence-electron chi connectivity index (χ1n) is 23.4. The highest BCUT2D eigenvalue weighted by Gasteiger charge is 2.43. The molecular weight excluding hydrogens is 711 g/mol. The summed E-state index contributed by atoms with van der Waals surface area (Å²) in [5.74, 6) is 0. The number of hydrogen-bond acceptors (Lipinski definition) is 2. The molecule has 2 heterocycles. The lowest BCUT2D eigenvalue weighted by Gasteiger charge is -2.44. The van der Waals surface area contributed by atoms with Crippen LogP contribution in [0.1, 0.15) is 127 Å². The molecule has 2 nitrogen and oxygen atoms in total. The van der Waals surface area contributed by atoms with Gasteiger partial charge in [0, 0.05) is 34.0 Å². The van der Waals surface area contributed by atoms with Crippen LogP contribution in [0.2, 0.25) is 0 Å². The summed E-state index contributed by atoms with van der Waals surface area (Å²) in [7, 11) is 0. The van der Waals surface area contributed by atoms with Crippen LogP contribution >= 0.6 is 0 Å². The molecule has 6 aromatic carbocycles. The van der Waals surface area contributed by atoms with Gasteiger partial charge in [0.1, 0.15) is 0 Å². The molecule has 0 aliphatic carbocycles. The van der Waals surface area contributed by atoms with Crippen LogP contribution in [0.4, 0.5) is 34.1 Å². The van der Waals surface area contributed by atoms with Crippen LogP contribution in [0, 0.1) is 0 Å². The summed E-state index contributed by atoms with van der Waals surface area (Å²) in [5.41, 5.74) is 21.7. The van der Waals surface area contributed by atoms with E-state index in [9.17, 15) is 0 Å². The lowest BCUT2D eigenvalue weighted by molar-refractivity contribution is 0.794. The maximum atomic E-state index is 2.65. The Bertz CT molecular complexity index is 2340. The molecule has 8 rings (SSSR count). The maximum Gasteiger partial charge on any atom is 0.252 e. The largest absolute Gasteiger partial charge is 0.311 e. The number of anilines is 6. The number of rotatable bonds is 18. The Hall–Kier alpha value is -5.02. The Labute approximate surface area is 356 Å². The molecule has 302 valence electrons. The third-order valence-electron chi connectivity index (χ3n) is 13.0. The fourth-order valence-corrected chi connectivity index (χ4v) is 9.61. The van der Waals surface area contributed by atoms with Crippen molar-refractivity contribution in [1.82, 2.24) is 0 Å². The highest BCUT2D eigenvalue weighted by Crippen LogP contribution is 2.47. The molecule has 0 bridgehead atoms. The number of benzene rings is 6. The second kappa shape index (κ2) is 18.9. The summed E-state index contributed by atoms with van der Waals surface area (Å²) < 4.78 is 0. The summed E-state index contributed by atoms with van der Waals surface area (Å²) in [4.78, 5) is 5.22. The third-order valence-corrected chi connectivity index (χ3v) is 13.0. The van der Waals surface area contributed by atoms with Crippen molar-refractivity contribution in [2.24, 2.45) is 0 Å². The second-order valence-corrected chi connectivity index (χ2v) is 17.3. The number of hydrogen-bond donors (Lipinski definition) is 0. The molecule has 2 aliphatic heterocycles. The molecule has 2 aliphatic rings. The molecule has 0 aromatic heterocycles. The van der Waals surface area contributed by atoms with E-state index < -0.39 is 0 Å². The molecule has 0 amide bonds. The first-order chi connectivity index (χ1) is 29.1. The zero-order valence-electron chi connectivity index (χ0n) is 36.6. The second-order valence-electron chi connectivity index (χ2n) is 17.3. The van der Waals surface area contributed by atoms with E-state index >= 15 is 0 Å². The molecule has 6 aromatic rings. The van der Waals surface area contributed by atoms with Crippen molar-refractivity contribution in [1.29, 1.82) is 0 Å². The molecule has 0 saturated carbocycles. The van der Waals surface area contributed by atoms with E-state index in [4.69, 9.17) is 0 Å². The molecule has 59 heavy (non-hydrogen) atoms. The van der Waals surface area contributed by atoms with Gasteiger partial charge >= 0.3 is 0 Å². The first kappa shape index (κ1) is 40.8. The van der Waals surface area contributed by atoms with Gasteiger partial charge in [-0.15, -0.1) is 0 Å². The zero-order chi connectivity index (χ0) is 40.7. The van der Waals surface area contributed by atoms with Gasteiger partial charge in [0.25, 0.3) is 6.71 Å². The predicted molar refractivity (Wildman–Crippen MR) is 259 cm³/mol. The average molecular weight is 777 g/mol. The summed E-state index contributed by atoms with van der Waals surface area (Å²) in [6, 6.07) is 48.3. The van der Waals surface area contributed by atoms with Gasteiger partial charge in [-0.3, -0.25) is 0 Å². The molecule has 0 saturated heterocycles. The Kier molecular flexibility index (Phi) is 13.1. The van der Waals surface area contributed by atoms with Crippen LogP contribution in [-0.2, 0) is 32.1 Å². The maximum absolute atomic E-state index is 2.65. The smallest absolute Gasteiger partial charge is 0.252 e. The van der Waals surface area contributed by atoms with Gasteiger partial charge in [0.2, 0.25) is 0 Å². The van der Waals surface area contributed by atoms with Gasteiger partial charge < -0.3 is 9.80 Å². The molecule has 0 atom stereocenters. The van der Waals surface area contributed by atoms with Gasteiger partial charge in [-0.05, 0) is 163 Å². The number of aryl methyl sites for hydroxylation is 5. The monoisotopic (exact) mass is 777 g/mol. The number of unbranched alkanes of at least 4 members (excludes halogenated alkanes) is 5. The van der Waals surface area contributed by atoms with E-state index in [1.165, 1.54) is 154 Å². The van der Waals surface area contributed by atoms with Gasteiger partial charge in [-0.25, -0.2) is 0 Å². The molecule has 0 radical (unpaired) electrons. The van der Waals surface area contributed by atoms with E-state index in [0.717, 1.165) is 32.1 Å². The predicted octanol–water partition coefficient (Wildman–Crippen LogP) is 14.1. The standard InChI is InChI=1S/C56H65BN2/c1-6-11-17-41-24-31-46(32-25-41)48-38-43(19-13-8-3)29-36-51(48)59-54-23-16-22-53-56(54)57(49-35-28-45(21-15-10-5)40-55(49)59)50-39-44(20-14-9-4)30-37-52(50)58(53)47-33-26-42(27-34-47)18-12-7-2/h16,22-40H,6-15,17-21H2,1-5H3. The summed E-state index contributed by atoms with van der Waals surface area (Å²) in [6.07, 6.45) is 17.6. The van der Waals surface area contributed by atoms with Crippen LogP contribution < -0.4 is 26.2 Å². The topological polar surface area (TPSA) is 6.48 Å². The normalized spacial score (nSPS) is 12.7. The van der Waals surface area contributed by atoms with Crippen LogP contribution in [0.5, 0.6) is 0 Å². The molecule has 3 heteroatoms. The van der Waals surface area contributed by atoms with Crippen molar-refractivity contribution >= 4 is 57.2 Å². The third kappa shape index (κ3) is 8.41. The van der Waals surface area contributed by atoms with Gasteiger partial charge in [0.15, 0.2) is 0 Å². The van der Waals surface area contributed by atoms with Crippen molar-refractivity contribution in [2.45, 2.75) is 131 Å². The van der Waals surface area contributed by atoms with Gasteiger partial charge in [0.05, 0.1) is 5.69 Å². The summed E-state index contributed by atoms with van der Waals surface area (Å²) in [5, 5.41) is 0. The Morgan fingerprint density at radius 1 is 0.373 bits per heavy atom. The highest BCUT2D eigenvalue weighted by atomic mass is 15.2. The SMILES string of the molecule is CCCCc1ccc(-c2cc(CCCC)ccc2N2c3cc(CCCC)ccc3B3c4cc(CCCC)ccc4N(c4ccc(CCCC)cc4)c4cccc2c43)cc1. The molecular formula is C56H65BN2. The fourth-order valence-electron chi connectivity index (χ4n) is 9.61. The molecule has 0 unspecified atom stereocenters. The van der Waals surface area contributed by atoms with Crippen LogP contribution in [0.3, 0.4) is 0 Å². The zero-order valence-corrected chi connectivity index (χ0v) is 36.6. The lowest BCUT2D eigenvalue weighted by Crippen LogP contribution is -2.61. The van der Waals surface area contributed by atoms with Crippen LogP contribution in [0.15, 0.2) is 121 Å².